The predicted octanol–water partition coefficient (Wildman–Crippen LogP) is 6.54. The second-order valence-corrected chi connectivity index (χ2v) is 10.7. The summed E-state index contributed by atoms with van der Waals surface area (Å²) in [5, 5.41) is 0. The van der Waals surface area contributed by atoms with Crippen molar-refractivity contribution in [2.45, 2.75) is 92.5 Å². The SMILES string of the molecule is CCC.C\C=C(/C=C(\C=C\CCC)c1ccc(OC)cc1)CN(CCCC)C(=O)CN1C(=O)C(CC(N)=O)CC1C. The molecule has 1 heterocycles. The summed E-state index contributed by atoms with van der Waals surface area (Å²) in [5.74, 6) is -0.362. The molecule has 1 aliphatic rings. The normalized spacial score (nSPS) is 17.4. The third-order valence-corrected chi connectivity index (χ3v) is 6.94. The average molecular weight is 568 g/mol. The second kappa shape index (κ2) is 19.7. The first-order valence-corrected chi connectivity index (χ1v) is 15.2. The van der Waals surface area contributed by atoms with Crippen molar-refractivity contribution < 1.29 is 19.1 Å². The number of unbranched alkanes of at least 4 members (excludes halogenated alkanes) is 2. The number of hydrogen-bond donors (Lipinski definition) is 1. The van der Waals surface area contributed by atoms with Crippen LogP contribution < -0.4 is 10.5 Å². The molecule has 1 fully saturated rings. The topological polar surface area (TPSA) is 92.9 Å². The molecule has 0 aliphatic carbocycles. The number of rotatable bonds is 15. The van der Waals surface area contributed by atoms with Crippen molar-refractivity contribution in [1.29, 1.82) is 0 Å². The van der Waals surface area contributed by atoms with Gasteiger partial charge in [0.25, 0.3) is 0 Å². The third-order valence-electron chi connectivity index (χ3n) is 6.94. The standard InChI is InChI=1S/C31H45N3O4.C3H8/c1-6-9-11-12-26(25-13-15-28(38-5)16-14-25)19-24(8-3)21-33(17-10-7-2)30(36)22-34-23(4)18-27(31(34)37)20-29(32)35;1-3-2/h8,11-16,19,23,27H,6-7,9-10,17-18,20-22H2,1-5H3,(H2,32,35);3H2,1-2H3/b12-11+,24-8+,26-19+;. The number of benzene rings is 1. The Morgan fingerprint density at radius 1 is 1.12 bits per heavy atom. The third kappa shape index (κ3) is 12.4. The number of hydrogen-bond acceptors (Lipinski definition) is 4. The zero-order chi connectivity index (χ0) is 30.8. The first-order chi connectivity index (χ1) is 19.6. The number of likely N-dealkylation sites (tertiary alicyclic amines) is 1. The fraction of sp³-hybridized carbons (Fsp3) is 0.559. The molecule has 0 aromatic heterocycles. The first-order valence-electron chi connectivity index (χ1n) is 15.2. The molecule has 1 aliphatic heterocycles. The molecule has 1 aromatic carbocycles. The van der Waals surface area contributed by atoms with Crippen molar-refractivity contribution in [3.05, 3.63) is 59.7 Å². The molecule has 1 saturated heterocycles. The van der Waals surface area contributed by atoms with Gasteiger partial charge >= 0.3 is 0 Å². The summed E-state index contributed by atoms with van der Waals surface area (Å²) in [6.07, 6.45) is 14.2. The maximum absolute atomic E-state index is 13.5. The van der Waals surface area contributed by atoms with E-state index in [9.17, 15) is 14.4 Å². The molecular formula is C34H53N3O4. The quantitative estimate of drug-likeness (QED) is 0.244. The Morgan fingerprint density at radius 2 is 1.78 bits per heavy atom. The van der Waals surface area contributed by atoms with E-state index in [0.717, 1.165) is 48.1 Å². The molecule has 0 radical (unpaired) electrons. The molecule has 228 valence electrons. The maximum Gasteiger partial charge on any atom is 0.242 e. The van der Waals surface area contributed by atoms with Crippen LogP contribution in [-0.2, 0) is 14.4 Å². The van der Waals surface area contributed by atoms with E-state index in [4.69, 9.17) is 10.5 Å². The molecule has 1 aromatic rings. The van der Waals surface area contributed by atoms with Crippen molar-refractivity contribution in [2.75, 3.05) is 26.7 Å². The van der Waals surface area contributed by atoms with E-state index in [0.29, 0.717) is 19.5 Å². The van der Waals surface area contributed by atoms with Crippen LogP contribution in [0.5, 0.6) is 5.75 Å². The molecule has 2 rings (SSSR count). The van der Waals surface area contributed by atoms with E-state index < -0.39 is 11.8 Å². The second-order valence-electron chi connectivity index (χ2n) is 10.7. The number of primary amides is 1. The van der Waals surface area contributed by atoms with E-state index in [2.05, 4.69) is 45.9 Å². The predicted molar refractivity (Wildman–Crippen MR) is 169 cm³/mol. The fourth-order valence-corrected chi connectivity index (χ4v) is 4.65. The van der Waals surface area contributed by atoms with Crippen LogP contribution in [0.1, 0.15) is 92.1 Å². The number of ether oxygens (including phenoxy) is 1. The van der Waals surface area contributed by atoms with Gasteiger partial charge in [0.05, 0.1) is 7.11 Å². The summed E-state index contributed by atoms with van der Waals surface area (Å²) in [5.41, 5.74) is 8.48. The highest BCUT2D eigenvalue weighted by Crippen LogP contribution is 2.27. The Bertz CT molecular complexity index is 1040. The maximum atomic E-state index is 13.5. The molecule has 3 amide bonds. The Morgan fingerprint density at radius 3 is 2.32 bits per heavy atom. The summed E-state index contributed by atoms with van der Waals surface area (Å²) in [6.45, 7) is 13.5. The van der Waals surface area contributed by atoms with E-state index in [1.54, 1.807) is 12.0 Å². The van der Waals surface area contributed by atoms with Crippen LogP contribution in [-0.4, -0.2) is 60.3 Å². The molecule has 7 heteroatoms. The Labute approximate surface area is 248 Å². The lowest BCUT2D eigenvalue weighted by molar-refractivity contribution is -0.141. The zero-order valence-electron chi connectivity index (χ0n) is 26.4. The van der Waals surface area contributed by atoms with Gasteiger partial charge in [0.15, 0.2) is 0 Å². The van der Waals surface area contributed by atoms with Gasteiger partial charge in [-0.1, -0.05) is 77.3 Å². The summed E-state index contributed by atoms with van der Waals surface area (Å²) in [7, 11) is 1.65. The van der Waals surface area contributed by atoms with Gasteiger partial charge in [0, 0.05) is 31.5 Å². The Balaban J connectivity index is 0.00000268. The van der Waals surface area contributed by atoms with Crippen molar-refractivity contribution >= 4 is 23.3 Å². The highest BCUT2D eigenvalue weighted by Gasteiger charge is 2.39. The number of carbonyl (C=O) groups is 3. The van der Waals surface area contributed by atoms with E-state index in [1.165, 1.54) is 6.42 Å². The number of amides is 3. The molecule has 2 atom stereocenters. The van der Waals surface area contributed by atoms with Crippen LogP contribution in [0.25, 0.3) is 5.57 Å². The molecule has 2 N–H and O–H groups in total. The highest BCUT2D eigenvalue weighted by molar-refractivity contribution is 5.90. The minimum atomic E-state index is -0.488. The Hall–Kier alpha value is -3.35. The fourth-order valence-electron chi connectivity index (χ4n) is 4.65. The van der Waals surface area contributed by atoms with Gasteiger partial charge in [-0.25, -0.2) is 0 Å². The van der Waals surface area contributed by atoms with E-state index in [-0.39, 0.29) is 30.8 Å². The Kier molecular flexibility index (Phi) is 17.1. The monoisotopic (exact) mass is 567 g/mol. The number of methoxy groups -OCH3 is 1. The lowest BCUT2D eigenvalue weighted by Crippen LogP contribution is -2.44. The summed E-state index contributed by atoms with van der Waals surface area (Å²) in [4.78, 5) is 41.2. The molecule has 2 unspecified atom stereocenters. The molecular weight excluding hydrogens is 514 g/mol. The number of allylic oxidation sites excluding steroid dienone is 4. The lowest BCUT2D eigenvalue weighted by atomic mass is 10.0. The smallest absolute Gasteiger partial charge is 0.242 e. The van der Waals surface area contributed by atoms with Gasteiger partial charge in [0.1, 0.15) is 12.3 Å². The summed E-state index contributed by atoms with van der Waals surface area (Å²) < 4.78 is 5.32. The van der Waals surface area contributed by atoms with Gasteiger partial charge in [0.2, 0.25) is 17.7 Å². The zero-order valence-corrected chi connectivity index (χ0v) is 26.4. The van der Waals surface area contributed by atoms with Crippen LogP contribution in [0.15, 0.2) is 54.1 Å². The van der Waals surface area contributed by atoms with Crippen LogP contribution >= 0.6 is 0 Å². The lowest BCUT2D eigenvalue weighted by Gasteiger charge is -2.28. The van der Waals surface area contributed by atoms with Crippen molar-refractivity contribution in [2.24, 2.45) is 11.7 Å². The van der Waals surface area contributed by atoms with Crippen molar-refractivity contribution in [1.82, 2.24) is 9.80 Å². The minimum absolute atomic E-state index is 0.0153. The molecule has 41 heavy (non-hydrogen) atoms. The number of nitrogens with zero attached hydrogens (tertiary/aromatic N) is 2. The van der Waals surface area contributed by atoms with Crippen molar-refractivity contribution in [3.8, 4) is 5.75 Å². The van der Waals surface area contributed by atoms with Gasteiger partial charge in [-0.3, -0.25) is 14.4 Å². The highest BCUT2D eigenvalue weighted by atomic mass is 16.5. The number of carbonyl (C=O) groups excluding carboxylic acids is 3. The molecule has 0 spiro atoms. The average Bonchev–Trinajstić information content (AvgIpc) is 3.20. The number of nitrogens with two attached hydrogens (primary N) is 1. The largest absolute Gasteiger partial charge is 0.497 e. The molecule has 0 bridgehead atoms. The summed E-state index contributed by atoms with van der Waals surface area (Å²) >= 11 is 0. The van der Waals surface area contributed by atoms with Crippen LogP contribution in [0.3, 0.4) is 0 Å². The van der Waals surface area contributed by atoms with E-state index in [1.807, 2.05) is 49.1 Å². The van der Waals surface area contributed by atoms with Crippen molar-refractivity contribution in [3.63, 3.8) is 0 Å². The van der Waals surface area contributed by atoms with Crippen LogP contribution in [0, 0.1) is 5.92 Å². The molecule has 7 nitrogen and oxygen atoms in total. The van der Waals surface area contributed by atoms with Crippen LogP contribution in [0.4, 0.5) is 0 Å². The summed E-state index contributed by atoms with van der Waals surface area (Å²) in [6, 6.07) is 7.87. The van der Waals surface area contributed by atoms with E-state index >= 15 is 0 Å². The van der Waals surface area contributed by atoms with Gasteiger partial charge in [-0.05, 0) is 68.0 Å². The minimum Gasteiger partial charge on any atom is -0.497 e. The van der Waals surface area contributed by atoms with Gasteiger partial charge < -0.3 is 20.3 Å². The van der Waals surface area contributed by atoms with Gasteiger partial charge in [-0.2, -0.15) is 0 Å². The first kappa shape index (κ1) is 35.7. The van der Waals surface area contributed by atoms with Gasteiger partial charge in [-0.15, -0.1) is 0 Å². The molecule has 0 saturated carbocycles. The van der Waals surface area contributed by atoms with Crippen LogP contribution in [0.2, 0.25) is 0 Å².